The van der Waals surface area contributed by atoms with Crippen LogP contribution in [0.5, 0.6) is 0 Å². The first-order chi connectivity index (χ1) is 7.60. The van der Waals surface area contributed by atoms with E-state index >= 15 is 0 Å². The summed E-state index contributed by atoms with van der Waals surface area (Å²) in [6, 6.07) is 0. The van der Waals surface area contributed by atoms with Crippen molar-refractivity contribution in [2.24, 2.45) is 17.6 Å². The highest BCUT2D eigenvalue weighted by atomic mass is 16.5. The van der Waals surface area contributed by atoms with Gasteiger partial charge in [-0.15, -0.1) is 0 Å². The zero-order chi connectivity index (χ0) is 12.4. The molecule has 0 saturated heterocycles. The van der Waals surface area contributed by atoms with Crippen LogP contribution in [0.3, 0.4) is 0 Å². The third-order valence-corrected chi connectivity index (χ3v) is 2.61. The van der Waals surface area contributed by atoms with Crippen molar-refractivity contribution >= 4 is 5.97 Å². The first-order valence-electron chi connectivity index (χ1n) is 6.45. The number of esters is 1. The molecule has 3 heteroatoms. The predicted molar refractivity (Wildman–Crippen MR) is 67.1 cm³/mol. The van der Waals surface area contributed by atoms with Crippen molar-refractivity contribution in [3.8, 4) is 0 Å². The molecule has 0 saturated carbocycles. The Bertz CT molecular complexity index is 175. The van der Waals surface area contributed by atoms with Gasteiger partial charge in [0.05, 0.1) is 6.61 Å². The summed E-state index contributed by atoms with van der Waals surface area (Å²) in [6.45, 7) is 7.50. The monoisotopic (exact) mass is 229 g/mol. The molecule has 0 spiro atoms. The normalized spacial score (nSPS) is 12.8. The van der Waals surface area contributed by atoms with Gasteiger partial charge in [0, 0.05) is 6.42 Å². The van der Waals surface area contributed by atoms with E-state index in [4.69, 9.17) is 10.5 Å². The molecule has 3 nitrogen and oxygen atoms in total. The lowest BCUT2D eigenvalue weighted by molar-refractivity contribution is -0.145. The fourth-order valence-corrected chi connectivity index (χ4v) is 1.73. The van der Waals surface area contributed by atoms with Gasteiger partial charge in [-0.1, -0.05) is 33.6 Å². The Morgan fingerprint density at radius 2 is 1.94 bits per heavy atom. The number of ether oxygens (including phenoxy) is 1. The van der Waals surface area contributed by atoms with E-state index in [1.165, 1.54) is 0 Å². The molecule has 1 atom stereocenters. The van der Waals surface area contributed by atoms with Crippen molar-refractivity contribution in [2.45, 2.75) is 52.9 Å². The first kappa shape index (κ1) is 15.4. The fraction of sp³-hybridized carbons (Fsp3) is 0.923. The van der Waals surface area contributed by atoms with Crippen LogP contribution < -0.4 is 5.73 Å². The van der Waals surface area contributed by atoms with Gasteiger partial charge in [-0.25, -0.2) is 0 Å². The summed E-state index contributed by atoms with van der Waals surface area (Å²) in [5.74, 6) is 0.938. The summed E-state index contributed by atoms with van der Waals surface area (Å²) >= 11 is 0. The number of rotatable bonds is 9. The molecule has 0 aliphatic carbocycles. The Balaban J connectivity index is 3.68. The topological polar surface area (TPSA) is 52.3 Å². The minimum absolute atomic E-state index is 0.0631. The SMILES string of the molecule is CCCC(CCN)CCC(=O)OCC(C)C. The summed E-state index contributed by atoms with van der Waals surface area (Å²) in [5.41, 5.74) is 5.55. The van der Waals surface area contributed by atoms with E-state index in [0.717, 1.165) is 25.7 Å². The maximum atomic E-state index is 11.4. The van der Waals surface area contributed by atoms with Crippen LogP contribution in [0.25, 0.3) is 0 Å². The summed E-state index contributed by atoms with van der Waals surface area (Å²) in [7, 11) is 0. The highest BCUT2D eigenvalue weighted by Gasteiger charge is 2.11. The van der Waals surface area contributed by atoms with Crippen LogP contribution in [-0.2, 0) is 9.53 Å². The number of hydrogen-bond acceptors (Lipinski definition) is 3. The smallest absolute Gasteiger partial charge is 0.305 e. The third kappa shape index (κ3) is 8.72. The standard InChI is InChI=1S/C13H27NO2/c1-4-5-12(8-9-14)6-7-13(15)16-10-11(2)3/h11-12H,4-10,14H2,1-3H3. The summed E-state index contributed by atoms with van der Waals surface area (Å²) in [4.78, 5) is 11.4. The van der Waals surface area contributed by atoms with Crippen molar-refractivity contribution < 1.29 is 9.53 Å². The molecule has 0 aliphatic rings. The lowest BCUT2D eigenvalue weighted by Gasteiger charge is -2.14. The molecule has 0 rings (SSSR count). The molecule has 96 valence electrons. The highest BCUT2D eigenvalue weighted by molar-refractivity contribution is 5.69. The van der Waals surface area contributed by atoms with Crippen LogP contribution in [-0.4, -0.2) is 19.1 Å². The van der Waals surface area contributed by atoms with E-state index < -0.39 is 0 Å². The lowest BCUT2D eigenvalue weighted by Crippen LogP contribution is -2.13. The Kier molecular flexibility index (Phi) is 9.30. The molecular weight excluding hydrogens is 202 g/mol. The molecule has 0 fully saturated rings. The second kappa shape index (κ2) is 9.64. The molecule has 0 aromatic carbocycles. The van der Waals surface area contributed by atoms with Crippen LogP contribution in [0.1, 0.15) is 52.9 Å². The van der Waals surface area contributed by atoms with Gasteiger partial charge in [0.1, 0.15) is 0 Å². The quantitative estimate of drug-likeness (QED) is 0.618. The molecule has 0 radical (unpaired) electrons. The predicted octanol–water partition coefficient (Wildman–Crippen LogP) is 2.73. The Morgan fingerprint density at radius 1 is 1.25 bits per heavy atom. The van der Waals surface area contributed by atoms with E-state index in [9.17, 15) is 4.79 Å². The van der Waals surface area contributed by atoms with Gasteiger partial charge in [-0.2, -0.15) is 0 Å². The van der Waals surface area contributed by atoms with Gasteiger partial charge < -0.3 is 10.5 Å². The lowest BCUT2D eigenvalue weighted by atomic mass is 9.94. The second-order valence-corrected chi connectivity index (χ2v) is 4.85. The maximum absolute atomic E-state index is 11.4. The van der Waals surface area contributed by atoms with Crippen LogP contribution >= 0.6 is 0 Å². The van der Waals surface area contributed by atoms with Crippen molar-refractivity contribution in [1.29, 1.82) is 0 Å². The first-order valence-corrected chi connectivity index (χ1v) is 6.45. The van der Waals surface area contributed by atoms with E-state index in [2.05, 4.69) is 6.92 Å². The molecular formula is C13H27NO2. The van der Waals surface area contributed by atoms with Crippen LogP contribution in [0.2, 0.25) is 0 Å². The fourth-order valence-electron chi connectivity index (χ4n) is 1.73. The van der Waals surface area contributed by atoms with E-state index in [-0.39, 0.29) is 5.97 Å². The number of nitrogens with two attached hydrogens (primary N) is 1. The Labute approximate surface area is 99.7 Å². The minimum atomic E-state index is -0.0631. The van der Waals surface area contributed by atoms with Crippen molar-refractivity contribution in [1.82, 2.24) is 0 Å². The van der Waals surface area contributed by atoms with Gasteiger partial charge in [0.15, 0.2) is 0 Å². The largest absolute Gasteiger partial charge is 0.465 e. The van der Waals surface area contributed by atoms with Crippen molar-refractivity contribution in [3.05, 3.63) is 0 Å². The van der Waals surface area contributed by atoms with E-state index in [0.29, 0.717) is 31.4 Å². The Hall–Kier alpha value is -0.570. The molecule has 2 N–H and O–H groups in total. The molecule has 0 heterocycles. The zero-order valence-electron chi connectivity index (χ0n) is 11.0. The Morgan fingerprint density at radius 3 is 2.44 bits per heavy atom. The van der Waals surface area contributed by atoms with Gasteiger partial charge in [0.25, 0.3) is 0 Å². The second-order valence-electron chi connectivity index (χ2n) is 4.85. The number of hydrogen-bond donors (Lipinski definition) is 1. The third-order valence-electron chi connectivity index (χ3n) is 2.61. The molecule has 0 aromatic heterocycles. The van der Waals surface area contributed by atoms with Gasteiger partial charge >= 0.3 is 5.97 Å². The van der Waals surface area contributed by atoms with E-state index in [1.807, 2.05) is 13.8 Å². The molecule has 0 amide bonds. The molecule has 1 unspecified atom stereocenters. The average molecular weight is 229 g/mol. The zero-order valence-corrected chi connectivity index (χ0v) is 11.0. The van der Waals surface area contributed by atoms with Crippen LogP contribution in [0.4, 0.5) is 0 Å². The van der Waals surface area contributed by atoms with Crippen molar-refractivity contribution in [2.75, 3.05) is 13.2 Å². The van der Waals surface area contributed by atoms with E-state index in [1.54, 1.807) is 0 Å². The molecule has 16 heavy (non-hydrogen) atoms. The number of carbonyl (C=O) groups is 1. The van der Waals surface area contributed by atoms with Crippen molar-refractivity contribution in [3.63, 3.8) is 0 Å². The van der Waals surface area contributed by atoms with Gasteiger partial charge in [-0.3, -0.25) is 4.79 Å². The van der Waals surface area contributed by atoms with Crippen LogP contribution in [0.15, 0.2) is 0 Å². The van der Waals surface area contributed by atoms with Crippen LogP contribution in [0, 0.1) is 11.8 Å². The molecule has 0 bridgehead atoms. The number of carbonyl (C=O) groups excluding carboxylic acids is 1. The van der Waals surface area contributed by atoms with Gasteiger partial charge in [0.2, 0.25) is 0 Å². The summed E-state index contributed by atoms with van der Waals surface area (Å²) in [5, 5.41) is 0. The molecule has 0 aromatic rings. The summed E-state index contributed by atoms with van der Waals surface area (Å²) < 4.78 is 5.14. The minimum Gasteiger partial charge on any atom is -0.465 e. The summed E-state index contributed by atoms with van der Waals surface area (Å²) in [6.07, 6.45) is 4.80. The maximum Gasteiger partial charge on any atom is 0.305 e. The van der Waals surface area contributed by atoms with Gasteiger partial charge in [-0.05, 0) is 31.2 Å². The highest BCUT2D eigenvalue weighted by Crippen LogP contribution is 2.17. The average Bonchev–Trinajstić information content (AvgIpc) is 2.23. The molecule has 0 aliphatic heterocycles.